The molecular formula is C73H141NO5. The molecule has 0 saturated carbocycles. The fraction of sp³-hybridized carbons (Fsp3) is 0.918. The van der Waals surface area contributed by atoms with Crippen LogP contribution in [-0.4, -0.2) is 47.4 Å². The number of rotatable bonds is 68. The van der Waals surface area contributed by atoms with Crippen LogP contribution in [-0.2, 0) is 14.3 Å². The summed E-state index contributed by atoms with van der Waals surface area (Å²) < 4.78 is 5.50. The lowest BCUT2D eigenvalue weighted by molar-refractivity contribution is -0.143. The van der Waals surface area contributed by atoms with Gasteiger partial charge in [-0.15, -0.1) is 0 Å². The topological polar surface area (TPSA) is 95.9 Å². The fourth-order valence-corrected chi connectivity index (χ4v) is 11.5. The lowest BCUT2D eigenvalue weighted by Crippen LogP contribution is -2.45. The molecule has 0 fully saturated rings. The summed E-state index contributed by atoms with van der Waals surface area (Å²) in [5, 5.41) is 23.3. The van der Waals surface area contributed by atoms with Gasteiger partial charge in [0.1, 0.15) is 0 Å². The average molecular weight is 1110 g/mol. The number of carbonyl (C=O) groups excluding carboxylic acids is 2. The molecule has 0 aromatic carbocycles. The Morgan fingerprint density at radius 2 is 0.595 bits per heavy atom. The summed E-state index contributed by atoms with van der Waals surface area (Å²) >= 11 is 0. The van der Waals surface area contributed by atoms with E-state index in [0.29, 0.717) is 19.4 Å². The number of hydrogen-bond acceptors (Lipinski definition) is 5. The first-order chi connectivity index (χ1) is 39.0. The van der Waals surface area contributed by atoms with Gasteiger partial charge in [0, 0.05) is 12.8 Å². The van der Waals surface area contributed by atoms with E-state index in [2.05, 4.69) is 31.3 Å². The molecule has 0 aliphatic heterocycles. The Morgan fingerprint density at radius 1 is 0.342 bits per heavy atom. The Balaban J connectivity index is 3.43. The molecule has 0 rings (SSSR count). The predicted molar refractivity (Wildman–Crippen MR) is 347 cm³/mol. The number of esters is 1. The van der Waals surface area contributed by atoms with Crippen LogP contribution in [0, 0.1) is 0 Å². The summed E-state index contributed by atoms with van der Waals surface area (Å²) in [6, 6.07) is -0.634. The van der Waals surface area contributed by atoms with E-state index in [0.717, 1.165) is 44.9 Å². The zero-order valence-electron chi connectivity index (χ0n) is 53.6. The number of hydrogen-bond donors (Lipinski definition) is 3. The molecule has 0 aromatic rings. The van der Waals surface area contributed by atoms with Gasteiger partial charge < -0.3 is 20.3 Å². The lowest BCUT2D eigenvalue weighted by Gasteiger charge is -2.20. The Hall–Kier alpha value is -1.66. The highest BCUT2D eigenvalue weighted by Gasteiger charge is 2.18. The number of nitrogens with one attached hydrogen (secondary N) is 1. The molecule has 3 N–H and O–H groups in total. The summed E-state index contributed by atoms with van der Waals surface area (Å²) in [7, 11) is 0. The molecule has 6 heteroatoms. The first-order valence-corrected chi connectivity index (χ1v) is 36.1. The molecule has 0 saturated heterocycles. The van der Waals surface area contributed by atoms with Gasteiger partial charge in [-0.1, -0.05) is 359 Å². The van der Waals surface area contributed by atoms with Gasteiger partial charge in [-0.3, -0.25) is 9.59 Å². The van der Waals surface area contributed by atoms with E-state index in [4.69, 9.17) is 4.74 Å². The second kappa shape index (κ2) is 68.8. The number of unbranched alkanes of at least 4 members (excludes halogenated alkanes) is 55. The van der Waals surface area contributed by atoms with Crippen molar-refractivity contribution in [2.24, 2.45) is 0 Å². The molecular weight excluding hydrogens is 971 g/mol. The van der Waals surface area contributed by atoms with Gasteiger partial charge in [-0.2, -0.15) is 0 Å². The molecule has 2 unspecified atom stereocenters. The molecule has 0 heterocycles. The highest BCUT2D eigenvalue weighted by Crippen LogP contribution is 2.19. The molecule has 6 nitrogen and oxygen atoms in total. The predicted octanol–water partition coefficient (Wildman–Crippen LogP) is 23.3. The van der Waals surface area contributed by atoms with Crippen molar-refractivity contribution in [3.8, 4) is 0 Å². The molecule has 79 heavy (non-hydrogen) atoms. The summed E-state index contributed by atoms with van der Waals surface area (Å²) in [6.45, 7) is 4.95. The number of ether oxygens (including phenoxy) is 1. The number of aliphatic hydroxyl groups excluding tert-OH is 2. The molecule has 0 bridgehead atoms. The van der Waals surface area contributed by atoms with Crippen LogP contribution in [0.2, 0.25) is 0 Å². The second-order valence-electron chi connectivity index (χ2n) is 24.9. The van der Waals surface area contributed by atoms with E-state index in [1.807, 2.05) is 6.08 Å². The zero-order chi connectivity index (χ0) is 57.1. The second-order valence-corrected chi connectivity index (χ2v) is 24.9. The SMILES string of the molecule is CCCCCCCCCCCCCCCCCCCCCCC/C=C/C(O)C(CO)NC(=O)CCCCCCCCC/C=C\CCCCCCCCCCCCCOC(=O)CCCCCCCCCCCCCCCCCCC. The van der Waals surface area contributed by atoms with Crippen molar-refractivity contribution in [2.45, 2.75) is 418 Å². The smallest absolute Gasteiger partial charge is 0.305 e. The molecule has 1 amide bonds. The van der Waals surface area contributed by atoms with E-state index >= 15 is 0 Å². The van der Waals surface area contributed by atoms with Crippen molar-refractivity contribution in [3.63, 3.8) is 0 Å². The highest BCUT2D eigenvalue weighted by atomic mass is 16.5. The minimum Gasteiger partial charge on any atom is -0.466 e. The maximum atomic E-state index is 12.5. The third-order valence-electron chi connectivity index (χ3n) is 17.0. The Labute approximate surface area is 494 Å². The maximum Gasteiger partial charge on any atom is 0.305 e. The first-order valence-electron chi connectivity index (χ1n) is 36.1. The van der Waals surface area contributed by atoms with Crippen LogP contribution in [0.4, 0.5) is 0 Å². The van der Waals surface area contributed by atoms with E-state index in [9.17, 15) is 19.8 Å². The van der Waals surface area contributed by atoms with E-state index in [-0.39, 0.29) is 18.5 Å². The first kappa shape index (κ1) is 77.3. The largest absolute Gasteiger partial charge is 0.466 e. The van der Waals surface area contributed by atoms with Crippen LogP contribution >= 0.6 is 0 Å². The van der Waals surface area contributed by atoms with Gasteiger partial charge >= 0.3 is 5.97 Å². The van der Waals surface area contributed by atoms with Crippen LogP contribution in [0.15, 0.2) is 24.3 Å². The number of aliphatic hydroxyl groups is 2. The Kier molecular flexibility index (Phi) is 67.4. The van der Waals surface area contributed by atoms with Crippen molar-refractivity contribution in [3.05, 3.63) is 24.3 Å². The standard InChI is InChI=1S/C73H141NO5/c1-3-5-7-9-11-13-15-17-19-21-22-23-24-27-30-34-37-41-45-49-53-57-61-65-71(76)70(69-75)74-72(77)66-62-58-54-50-46-42-38-35-31-28-25-26-29-32-36-40-44-48-52-56-60-64-68-79-73(78)67-63-59-55-51-47-43-39-33-20-18-16-14-12-10-8-6-4-2/h28,31,61,65,70-71,75-76H,3-27,29-30,32-60,62-64,66-69H2,1-2H3,(H,74,77)/b31-28-,65-61+. The minimum absolute atomic E-state index is 0.0143. The van der Waals surface area contributed by atoms with Crippen molar-refractivity contribution < 1.29 is 24.5 Å². The van der Waals surface area contributed by atoms with Crippen LogP contribution in [0.5, 0.6) is 0 Å². The van der Waals surface area contributed by atoms with Crippen molar-refractivity contribution in [2.75, 3.05) is 13.2 Å². The number of carbonyl (C=O) groups is 2. The van der Waals surface area contributed by atoms with E-state index in [1.165, 1.54) is 334 Å². The normalized spacial score (nSPS) is 12.6. The van der Waals surface area contributed by atoms with Crippen LogP contribution < -0.4 is 5.32 Å². The highest BCUT2D eigenvalue weighted by molar-refractivity contribution is 5.76. The van der Waals surface area contributed by atoms with Gasteiger partial charge in [0.15, 0.2) is 0 Å². The third kappa shape index (κ3) is 65.4. The van der Waals surface area contributed by atoms with Crippen LogP contribution in [0.25, 0.3) is 0 Å². The molecule has 0 radical (unpaired) electrons. The summed E-state index contributed by atoms with van der Waals surface area (Å²) in [5.74, 6) is -0.0562. The third-order valence-corrected chi connectivity index (χ3v) is 17.0. The number of amides is 1. The molecule has 0 spiro atoms. The Morgan fingerprint density at radius 3 is 0.899 bits per heavy atom. The van der Waals surface area contributed by atoms with Gasteiger partial charge in [0.2, 0.25) is 5.91 Å². The van der Waals surface area contributed by atoms with Crippen molar-refractivity contribution in [1.82, 2.24) is 5.32 Å². The maximum absolute atomic E-state index is 12.5. The number of allylic oxidation sites excluding steroid dienone is 3. The summed E-state index contributed by atoms with van der Waals surface area (Å²) in [6.07, 6.45) is 86.8. The zero-order valence-corrected chi connectivity index (χ0v) is 53.6. The molecule has 0 aliphatic rings. The van der Waals surface area contributed by atoms with Gasteiger partial charge in [0.25, 0.3) is 0 Å². The molecule has 0 aliphatic carbocycles. The average Bonchev–Trinajstić information content (AvgIpc) is 3.45. The Bertz CT molecular complexity index is 1230. The van der Waals surface area contributed by atoms with Gasteiger partial charge in [-0.25, -0.2) is 0 Å². The summed E-state index contributed by atoms with van der Waals surface area (Å²) in [5.41, 5.74) is 0. The van der Waals surface area contributed by atoms with Crippen LogP contribution in [0.3, 0.4) is 0 Å². The fourth-order valence-electron chi connectivity index (χ4n) is 11.5. The van der Waals surface area contributed by atoms with Crippen LogP contribution in [0.1, 0.15) is 406 Å². The van der Waals surface area contributed by atoms with E-state index in [1.54, 1.807) is 6.08 Å². The minimum atomic E-state index is -0.850. The van der Waals surface area contributed by atoms with Crippen molar-refractivity contribution in [1.29, 1.82) is 0 Å². The monoisotopic (exact) mass is 1110 g/mol. The van der Waals surface area contributed by atoms with E-state index < -0.39 is 12.1 Å². The van der Waals surface area contributed by atoms with Gasteiger partial charge in [0.05, 0.1) is 25.4 Å². The van der Waals surface area contributed by atoms with Gasteiger partial charge in [-0.05, 0) is 57.8 Å². The lowest BCUT2D eigenvalue weighted by atomic mass is 10.0. The molecule has 0 aromatic heterocycles. The quantitative estimate of drug-likeness (QED) is 0.0320. The summed E-state index contributed by atoms with van der Waals surface area (Å²) in [4.78, 5) is 24.6. The molecule has 468 valence electrons. The molecule has 2 atom stereocenters. The van der Waals surface area contributed by atoms with Crippen molar-refractivity contribution >= 4 is 11.9 Å².